The van der Waals surface area contributed by atoms with Crippen LogP contribution < -0.4 is 4.74 Å². The molecule has 4 rings (SSSR count). The Morgan fingerprint density at radius 3 is 2.24 bits per heavy atom. The molecule has 0 radical (unpaired) electrons. The number of aryl methyl sites for hydroxylation is 1. The molecule has 1 heterocycles. The molecule has 10 heteroatoms. The van der Waals surface area contributed by atoms with Gasteiger partial charge in [0.2, 0.25) is 10.0 Å². The SMILES string of the molecule is COc1ccc(C)cc1S(=O)(=O)N1CCN(CC(OCc2c(F)cccc2F)c2ccc(Cl)cc2)CC1. The molecule has 0 N–H and O–H groups in total. The summed E-state index contributed by atoms with van der Waals surface area (Å²) in [5, 5.41) is 0.563. The second-order valence-corrected chi connectivity index (χ2v) is 11.3. The van der Waals surface area contributed by atoms with Crippen molar-refractivity contribution in [1.29, 1.82) is 0 Å². The Labute approximate surface area is 221 Å². The number of hydrogen-bond donors (Lipinski definition) is 0. The Bertz CT molecular complexity index is 1310. The zero-order chi connectivity index (χ0) is 26.6. The van der Waals surface area contributed by atoms with Gasteiger partial charge in [0.05, 0.1) is 19.8 Å². The number of methoxy groups -OCH3 is 1. The summed E-state index contributed by atoms with van der Waals surface area (Å²) in [5.74, 6) is -1.02. The first kappa shape index (κ1) is 27.5. The second-order valence-electron chi connectivity index (χ2n) is 8.91. The number of sulfonamides is 1. The van der Waals surface area contributed by atoms with Crippen LogP contribution in [-0.4, -0.2) is 57.5 Å². The van der Waals surface area contributed by atoms with E-state index in [9.17, 15) is 17.2 Å². The number of ether oxygens (including phenoxy) is 2. The normalized spacial score (nSPS) is 16.0. The summed E-state index contributed by atoms with van der Waals surface area (Å²) in [7, 11) is -2.29. The van der Waals surface area contributed by atoms with E-state index >= 15 is 0 Å². The molecule has 0 amide bonds. The number of rotatable bonds is 9. The lowest BCUT2D eigenvalue weighted by atomic mass is 10.1. The van der Waals surface area contributed by atoms with E-state index in [1.54, 1.807) is 30.3 Å². The zero-order valence-corrected chi connectivity index (χ0v) is 22.2. The predicted octanol–water partition coefficient (Wildman–Crippen LogP) is 5.20. The van der Waals surface area contributed by atoms with Crippen LogP contribution in [0.25, 0.3) is 0 Å². The first-order valence-corrected chi connectivity index (χ1v) is 13.7. The van der Waals surface area contributed by atoms with Gasteiger partial charge in [-0.2, -0.15) is 4.31 Å². The summed E-state index contributed by atoms with van der Waals surface area (Å²) in [4.78, 5) is 2.23. The maximum absolute atomic E-state index is 14.2. The highest BCUT2D eigenvalue weighted by Gasteiger charge is 2.32. The summed E-state index contributed by atoms with van der Waals surface area (Å²) < 4.78 is 67.8. The molecule has 1 fully saturated rings. The maximum Gasteiger partial charge on any atom is 0.246 e. The van der Waals surface area contributed by atoms with E-state index in [-0.39, 0.29) is 30.2 Å². The van der Waals surface area contributed by atoms with Gasteiger partial charge in [0, 0.05) is 43.3 Å². The van der Waals surface area contributed by atoms with Gasteiger partial charge in [-0.25, -0.2) is 17.2 Å². The molecule has 6 nitrogen and oxygen atoms in total. The van der Waals surface area contributed by atoms with E-state index in [1.165, 1.54) is 29.6 Å². The predicted molar refractivity (Wildman–Crippen MR) is 138 cm³/mol. The summed E-state index contributed by atoms with van der Waals surface area (Å²) in [5.41, 5.74) is 1.50. The van der Waals surface area contributed by atoms with Gasteiger partial charge in [-0.1, -0.05) is 35.9 Å². The molecular formula is C27H29ClF2N2O4S. The van der Waals surface area contributed by atoms with Crippen LogP contribution in [-0.2, 0) is 21.4 Å². The fraction of sp³-hybridized carbons (Fsp3) is 0.333. The molecule has 0 aliphatic carbocycles. The minimum absolute atomic E-state index is 0.135. The molecule has 198 valence electrons. The van der Waals surface area contributed by atoms with Crippen molar-refractivity contribution in [2.75, 3.05) is 39.8 Å². The average Bonchev–Trinajstić information content (AvgIpc) is 2.88. The van der Waals surface area contributed by atoms with Crippen LogP contribution in [0.1, 0.15) is 22.8 Å². The van der Waals surface area contributed by atoms with E-state index in [2.05, 4.69) is 4.90 Å². The lowest BCUT2D eigenvalue weighted by molar-refractivity contribution is 0.00546. The van der Waals surface area contributed by atoms with Gasteiger partial charge in [0.1, 0.15) is 22.3 Å². The molecule has 1 aliphatic rings. The maximum atomic E-state index is 14.2. The van der Waals surface area contributed by atoms with Crippen LogP contribution in [0.15, 0.2) is 65.6 Å². The number of halogens is 3. The Kier molecular flexibility index (Phi) is 8.82. The molecule has 1 saturated heterocycles. The summed E-state index contributed by atoms with van der Waals surface area (Å²) >= 11 is 6.04. The van der Waals surface area contributed by atoms with E-state index in [0.29, 0.717) is 30.4 Å². The monoisotopic (exact) mass is 550 g/mol. The highest BCUT2D eigenvalue weighted by molar-refractivity contribution is 7.89. The van der Waals surface area contributed by atoms with Gasteiger partial charge in [0.25, 0.3) is 0 Å². The smallest absolute Gasteiger partial charge is 0.246 e. The average molecular weight is 551 g/mol. The standard InChI is InChI=1S/C27H29ClF2N2O4S/c1-19-6-11-25(35-2)27(16-19)37(33,34)32-14-12-31(13-15-32)17-26(20-7-9-21(28)10-8-20)36-18-22-23(29)4-3-5-24(22)30/h3-11,16,26H,12-15,17-18H2,1-2H3. The van der Waals surface area contributed by atoms with Gasteiger partial charge >= 0.3 is 0 Å². The van der Waals surface area contributed by atoms with Crippen molar-refractivity contribution in [3.63, 3.8) is 0 Å². The van der Waals surface area contributed by atoms with Gasteiger partial charge in [-0.15, -0.1) is 0 Å². The van der Waals surface area contributed by atoms with E-state index in [1.807, 2.05) is 19.1 Å². The number of hydrogen-bond acceptors (Lipinski definition) is 5. The van der Waals surface area contributed by atoms with E-state index in [4.69, 9.17) is 21.1 Å². The fourth-order valence-electron chi connectivity index (χ4n) is 4.30. The Morgan fingerprint density at radius 2 is 1.62 bits per heavy atom. The number of piperazine rings is 1. The van der Waals surface area contributed by atoms with Crippen LogP contribution >= 0.6 is 11.6 Å². The minimum atomic E-state index is -3.74. The minimum Gasteiger partial charge on any atom is -0.495 e. The summed E-state index contributed by atoms with van der Waals surface area (Å²) in [6, 6.07) is 15.9. The van der Waals surface area contributed by atoms with Crippen molar-refractivity contribution in [2.45, 2.75) is 24.5 Å². The quantitative estimate of drug-likeness (QED) is 0.366. The van der Waals surface area contributed by atoms with Crippen molar-refractivity contribution < 1.29 is 26.7 Å². The van der Waals surface area contributed by atoms with Crippen LogP contribution in [0.5, 0.6) is 5.75 Å². The topological polar surface area (TPSA) is 59.1 Å². The second kappa shape index (κ2) is 11.9. The van der Waals surface area contributed by atoms with Crippen LogP contribution in [0, 0.1) is 18.6 Å². The molecule has 37 heavy (non-hydrogen) atoms. The van der Waals surface area contributed by atoms with Crippen molar-refractivity contribution in [3.8, 4) is 5.75 Å². The van der Waals surface area contributed by atoms with Crippen LogP contribution in [0.4, 0.5) is 8.78 Å². The fourth-order valence-corrected chi connectivity index (χ4v) is 6.09. The highest BCUT2D eigenvalue weighted by atomic mass is 35.5. The molecule has 1 unspecified atom stereocenters. The summed E-state index contributed by atoms with van der Waals surface area (Å²) in [6.45, 7) is 3.51. The molecule has 3 aromatic carbocycles. The number of nitrogens with zero attached hydrogens (tertiary/aromatic N) is 2. The third kappa shape index (κ3) is 6.48. The first-order valence-electron chi connectivity index (χ1n) is 11.9. The molecule has 0 aromatic heterocycles. The van der Waals surface area contributed by atoms with Crippen molar-refractivity contribution >= 4 is 21.6 Å². The first-order chi connectivity index (χ1) is 17.7. The Hall–Kier alpha value is -2.56. The van der Waals surface area contributed by atoms with Gasteiger partial charge in [-0.05, 0) is 54.4 Å². The highest BCUT2D eigenvalue weighted by Crippen LogP contribution is 2.29. The van der Waals surface area contributed by atoms with Crippen molar-refractivity contribution in [3.05, 3.63) is 94.0 Å². The van der Waals surface area contributed by atoms with Crippen molar-refractivity contribution in [2.24, 2.45) is 0 Å². The van der Waals surface area contributed by atoms with Crippen molar-refractivity contribution in [1.82, 2.24) is 9.21 Å². The van der Waals surface area contributed by atoms with Gasteiger partial charge in [-0.3, -0.25) is 4.90 Å². The van der Waals surface area contributed by atoms with Crippen LogP contribution in [0.2, 0.25) is 5.02 Å². The lowest BCUT2D eigenvalue weighted by Gasteiger charge is -2.36. The third-order valence-electron chi connectivity index (χ3n) is 6.42. The molecule has 1 atom stereocenters. The van der Waals surface area contributed by atoms with Crippen LogP contribution in [0.3, 0.4) is 0 Å². The van der Waals surface area contributed by atoms with E-state index < -0.39 is 27.8 Å². The molecule has 0 saturated carbocycles. The molecule has 1 aliphatic heterocycles. The van der Waals surface area contributed by atoms with Gasteiger partial charge in [0.15, 0.2) is 0 Å². The third-order valence-corrected chi connectivity index (χ3v) is 8.60. The number of benzene rings is 3. The summed E-state index contributed by atoms with van der Waals surface area (Å²) in [6.07, 6.45) is -0.503. The Morgan fingerprint density at radius 1 is 0.973 bits per heavy atom. The molecule has 0 spiro atoms. The molecular weight excluding hydrogens is 522 g/mol. The largest absolute Gasteiger partial charge is 0.495 e. The van der Waals surface area contributed by atoms with E-state index in [0.717, 1.165) is 11.1 Å². The Balaban J connectivity index is 1.46. The molecule has 3 aromatic rings. The zero-order valence-electron chi connectivity index (χ0n) is 20.7. The lowest BCUT2D eigenvalue weighted by Crippen LogP contribution is -2.49. The van der Waals surface area contributed by atoms with Gasteiger partial charge < -0.3 is 9.47 Å². The molecule has 0 bridgehead atoms.